The Morgan fingerprint density at radius 2 is 1.75 bits per heavy atom. The van der Waals surface area contributed by atoms with Crippen molar-refractivity contribution in [1.82, 2.24) is 0 Å². The van der Waals surface area contributed by atoms with Crippen molar-refractivity contribution in [2.75, 3.05) is 6.54 Å². The SMILES string of the molecule is O=[N+]([O-])CC1OC(c2ccccc2)=Cc2ccccc21. The lowest BCUT2D eigenvalue weighted by Gasteiger charge is -2.24. The number of nitrogens with zero attached hydrogens (tertiary/aromatic N) is 1. The molecule has 4 heteroatoms. The summed E-state index contributed by atoms with van der Waals surface area (Å²) >= 11 is 0. The average Bonchev–Trinajstić information content (AvgIpc) is 2.47. The Bertz CT molecular complexity index is 664. The Balaban J connectivity index is 2.03. The van der Waals surface area contributed by atoms with Gasteiger partial charge in [0.05, 0.1) is 0 Å². The van der Waals surface area contributed by atoms with Crippen LogP contribution >= 0.6 is 0 Å². The zero-order valence-electron chi connectivity index (χ0n) is 10.7. The van der Waals surface area contributed by atoms with Gasteiger partial charge < -0.3 is 4.74 Å². The molecule has 2 aromatic carbocycles. The second-order valence-corrected chi connectivity index (χ2v) is 4.63. The minimum absolute atomic E-state index is 0.235. The fraction of sp³-hybridized carbons (Fsp3) is 0.125. The van der Waals surface area contributed by atoms with E-state index in [-0.39, 0.29) is 11.5 Å². The number of benzene rings is 2. The first-order chi connectivity index (χ1) is 9.74. The third-order valence-corrected chi connectivity index (χ3v) is 3.27. The molecule has 0 saturated heterocycles. The minimum atomic E-state index is -0.540. The smallest absolute Gasteiger partial charge is 0.244 e. The van der Waals surface area contributed by atoms with Gasteiger partial charge in [-0.1, -0.05) is 54.6 Å². The summed E-state index contributed by atoms with van der Waals surface area (Å²) in [4.78, 5) is 10.5. The molecule has 1 aliphatic heterocycles. The zero-order valence-corrected chi connectivity index (χ0v) is 10.7. The van der Waals surface area contributed by atoms with Crippen LogP contribution in [-0.4, -0.2) is 11.5 Å². The van der Waals surface area contributed by atoms with Gasteiger partial charge in [0.2, 0.25) is 6.54 Å². The summed E-state index contributed by atoms with van der Waals surface area (Å²) in [5.41, 5.74) is 2.77. The molecule has 0 spiro atoms. The second kappa shape index (κ2) is 5.17. The van der Waals surface area contributed by atoms with Crippen molar-refractivity contribution in [1.29, 1.82) is 0 Å². The summed E-state index contributed by atoms with van der Waals surface area (Å²) in [6.45, 7) is -0.235. The average molecular weight is 267 g/mol. The van der Waals surface area contributed by atoms with Gasteiger partial charge in [-0.25, -0.2) is 0 Å². The normalized spacial score (nSPS) is 16.8. The first kappa shape index (κ1) is 12.4. The lowest BCUT2D eigenvalue weighted by Crippen LogP contribution is -2.18. The van der Waals surface area contributed by atoms with E-state index in [2.05, 4.69) is 0 Å². The van der Waals surface area contributed by atoms with Gasteiger partial charge in [0.25, 0.3) is 0 Å². The first-order valence-electron chi connectivity index (χ1n) is 6.38. The van der Waals surface area contributed by atoms with E-state index < -0.39 is 6.10 Å². The molecular weight excluding hydrogens is 254 g/mol. The van der Waals surface area contributed by atoms with E-state index >= 15 is 0 Å². The number of nitro groups is 1. The molecule has 0 amide bonds. The molecule has 0 bridgehead atoms. The van der Waals surface area contributed by atoms with Crippen LogP contribution in [0.4, 0.5) is 0 Å². The number of rotatable bonds is 3. The van der Waals surface area contributed by atoms with Gasteiger partial charge in [-0.2, -0.15) is 0 Å². The highest BCUT2D eigenvalue weighted by Gasteiger charge is 2.27. The lowest BCUT2D eigenvalue weighted by molar-refractivity contribution is -0.491. The Labute approximate surface area is 116 Å². The van der Waals surface area contributed by atoms with E-state index in [4.69, 9.17) is 4.74 Å². The highest BCUT2D eigenvalue weighted by molar-refractivity contribution is 5.80. The van der Waals surface area contributed by atoms with Crippen LogP contribution < -0.4 is 0 Å². The molecule has 100 valence electrons. The van der Waals surface area contributed by atoms with E-state index in [1.54, 1.807) is 0 Å². The quantitative estimate of drug-likeness (QED) is 0.631. The topological polar surface area (TPSA) is 52.4 Å². The summed E-state index contributed by atoms with van der Waals surface area (Å²) in [6.07, 6.45) is 1.39. The predicted molar refractivity (Wildman–Crippen MR) is 76.4 cm³/mol. The molecule has 1 atom stereocenters. The van der Waals surface area contributed by atoms with Crippen molar-refractivity contribution < 1.29 is 9.66 Å². The Morgan fingerprint density at radius 3 is 2.50 bits per heavy atom. The summed E-state index contributed by atoms with van der Waals surface area (Å²) in [6, 6.07) is 17.3. The van der Waals surface area contributed by atoms with Gasteiger partial charge in [0.15, 0.2) is 6.10 Å². The molecule has 2 aromatic rings. The molecule has 0 aromatic heterocycles. The number of fused-ring (bicyclic) bond motifs is 1. The maximum atomic E-state index is 10.8. The van der Waals surface area contributed by atoms with E-state index in [0.29, 0.717) is 5.76 Å². The third-order valence-electron chi connectivity index (χ3n) is 3.27. The molecular formula is C16H13NO3. The molecule has 4 nitrogen and oxygen atoms in total. The predicted octanol–water partition coefficient (Wildman–Crippen LogP) is 3.53. The minimum Gasteiger partial charge on any atom is -0.478 e. The van der Waals surface area contributed by atoms with E-state index in [9.17, 15) is 10.1 Å². The Hall–Kier alpha value is -2.62. The molecule has 1 unspecified atom stereocenters. The van der Waals surface area contributed by atoms with Crippen LogP contribution in [0.15, 0.2) is 54.6 Å². The van der Waals surface area contributed by atoms with Crippen LogP contribution in [0.1, 0.15) is 22.8 Å². The van der Waals surface area contributed by atoms with E-state index in [1.165, 1.54) is 0 Å². The molecule has 3 rings (SSSR count). The summed E-state index contributed by atoms with van der Waals surface area (Å²) in [7, 11) is 0. The molecule has 1 heterocycles. The second-order valence-electron chi connectivity index (χ2n) is 4.63. The van der Waals surface area contributed by atoms with Gasteiger partial charge in [0.1, 0.15) is 5.76 Å². The maximum Gasteiger partial charge on any atom is 0.244 e. The fourth-order valence-electron chi connectivity index (χ4n) is 2.35. The lowest BCUT2D eigenvalue weighted by atomic mass is 9.97. The van der Waals surface area contributed by atoms with Crippen LogP contribution in [0.5, 0.6) is 0 Å². The van der Waals surface area contributed by atoms with E-state index in [1.807, 2.05) is 60.7 Å². The van der Waals surface area contributed by atoms with Gasteiger partial charge in [-0.15, -0.1) is 0 Å². The number of hydrogen-bond donors (Lipinski definition) is 0. The largest absolute Gasteiger partial charge is 0.478 e. The van der Waals surface area contributed by atoms with Crippen LogP contribution in [-0.2, 0) is 4.74 Å². The standard InChI is InChI=1S/C16H13NO3/c18-17(19)11-16-14-9-5-4-8-13(14)10-15(20-16)12-6-2-1-3-7-12/h1-10,16H,11H2. The van der Waals surface area contributed by atoms with Crippen LogP contribution in [0, 0.1) is 10.1 Å². The summed E-state index contributed by atoms with van der Waals surface area (Å²) < 4.78 is 5.83. The van der Waals surface area contributed by atoms with Crippen molar-refractivity contribution in [3.8, 4) is 0 Å². The summed E-state index contributed by atoms with van der Waals surface area (Å²) in [5.74, 6) is 0.677. The Kier molecular flexibility index (Phi) is 3.21. The van der Waals surface area contributed by atoms with Crippen molar-refractivity contribution in [2.45, 2.75) is 6.10 Å². The molecule has 0 radical (unpaired) electrons. The van der Waals surface area contributed by atoms with Gasteiger partial charge in [-0.05, 0) is 11.6 Å². The molecule has 20 heavy (non-hydrogen) atoms. The number of ether oxygens (including phenoxy) is 1. The van der Waals surface area contributed by atoms with Crippen LogP contribution in [0.2, 0.25) is 0 Å². The zero-order chi connectivity index (χ0) is 13.9. The van der Waals surface area contributed by atoms with Gasteiger partial charge in [0, 0.05) is 16.1 Å². The molecule has 0 aliphatic carbocycles. The number of hydrogen-bond acceptors (Lipinski definition) is 3. The van der Waals surface area contributed by atoms with E-state index in [0.717, 1.165) is 16.7 Å². The fourth-order valence-corrected chi connectivity index (χ4v) is 2.35. The molecule has 0 fully saturated rings. The van der Waals surface area contributed by atoms with Gasteiger partial charge in [-0.3, -0.25) is 10.1 Å². The molecule has 1 aliphatic rings. The van der Waals surface area contributed by atoms with Crippen LogP contribution in [0.25, 0.3) is 11.8 Å². The molecule has 0 saturated carbocycles. The highest BCUT2D eigenvalue weighted by atomic mass is 16.6. The first-order valence-corrected chi connectivity index (χ1v) is 6.38. The van der Waals surface area contributed by atoms with Crippen molar-refractivity contribution in [2.24, 2.45) is 0 Å². The maximum absolute atomic E-state index is 10.8. The van der Waals surface area contributed by atoms with Crippen molar-refractivity contribution in [3.63, 3.8) is 0 Å². The molecule has 0 N–H and O–H groups in total. The summed E-state index contributed by atoms with van der Waals surface area (Å²) in [5, 5.41) is 10.8. The van der Waals surface area contributed by atoms with Crippen molar-refractivity contribution >= 4 is 11.8 Å². The Morgan fingerprint density at radius 1 is 1.05 bits per heavy atom. The highest BCUT2D eigenvalue weighted by Crippen LogP contribution is 2.35. The third kappa shape index (κ3) is 2.40. The van der Waals surface area contributed by atoms with Crippen LogP contribution in [0.3, 0.4) is 0 Å². The monoisotopic (exact) mass is 267 g/mol. The van der Waals surface area contributed by atoms with Crippen molar-refractivity contribution in [3.05, 3.63) is 81.4 Å². The van der Waals surface area contributed by atoms with Gasteiger partial charge >= 0.3 is 0 Å².